The Balaban J connectivity index is 1.11. The number of carbonyl (C=O) groups excluding carboxylic acids is 5. The number of aliphatic imine (C=N–C) groups is 2. The number of Topliss-reactive ketones (excluding diaryl/α,β-unsaturated/α-hetero) is 2. The predicted molar refractivity (Wildman–Crippen MR) is 190 cm³/mol. The van der Waals surface area contributed by atoms with Gasteiger partial charge in [0, 0.05) is 33.6 Å². The van der Waals surface area contributed by atoms with Crippen LogP contribution >= 0.6 is 0 Å². The molecule has 264 valence electrons. The number of anilines is 2. The highest BCUT2D eigenvalue weighted by Crippen LogP contribution is 2.31. The molecule has 2 unspecified atom stereocenters. The number of hydrogen-bond donors (Lipinski definition) is 4. The number of rotatable bonds is 6. The van der Waals surface area contributed by atoms with Crippen molar-refractivity contribution in [3.63, 3.8) is 0 Å². The lowest BCUT2D eigenvalue weighted by atomic mass is 9.86. The normalized spacial score (nSPS) is 21.3. The predicted octanol–water partition coefficient (Wildman–Crippen LogP) is 3.80. The monoisotopic (exact) mass is 742 g/mol. The lowest BCUT2D eigenvalue weighted by molar-refractivity contribution is -0.112. The third kappa shape index (κ3) is 7.52. The number of benzene rings is 2. The summed E-state index contributed by atoms with van der Waals surface area (Å²) >= 11 is 0. The van der Waals surface area contributed by atoms with E-state index in [-0.39, 0.29) is 46.5 Å². The van der Waals surface area contributed by atoms with Crippen molar-refractivity contribution in [2.75, 3.05) is 10.6 Å². The van der Waals surface area contributed by atoms with Gasteiger partial charge in [-0.05, 0) is 72.5 Å². The third-order valence-electron chi connectivity index (χ3n) is 8.21. The fourth-order valence-electron chi connectivity index (χ4n) is 5.67. The molecule has 2 aromatic carbocycles. The van der Waals surface area contributed by atoms with Crippen LogP contribution in [0.15, 0.2) is 129 Å². The molecule has 4 aliphatic rings. The zero-order valence-electron chi connectivity index (χ0n) is 26.6. The molecule has 0 heterocycles. The van der Waals surface area contributed by atoms with E-state index in [0.717, 1.165) is 12.2 Å². The average Bonchev–Trinajstić information content (AvgIpc) is 3.10. The van der Waals surface area contributed by atoms with Gasteiger partial charge in [0.2, 0.25) is 11.6 Å². The molecule has 0 spiro atoms. The van der Waals surface area contributed by atoms with E-state index < -0.39 is 71.6 Å². The number of amides is 4. The fourth-order valence-corrected chi connectivity index (χ4v) is 7.11. The fraction of sp³-hybridized carbons (Fsp3) is 0.114. The van der Waals surface area contributed by atoms with E-state index in [2.05, 4.69) is 20.6 Å². The highest BCUT2D eigenvalue weighted by molar-refractivity contribution is 7.87. The van der Waals surface area contributed by atoms with Crippen LogP contribution in [-0.4, -0.2) is 77.3 Å². The Morgan fingerprint density at radius 2 is 0.981 bits per heavy atom. The third-order valence-corrected chi connectivity index (χ3v) is 10.2. The number of carbonyl (C=O) groups is 5. The van der Waals surface area contributed by atoms with Gasteiger partial charge in [0.05, 0.1) is 0 Å². The Morgan fingerprint density at radius 3 is 1.33 bits per heavy atom. The molecule has 0 radical (unpaired) electrons. The summed E-state index contributed by atoms with van der Waals surface area (Å²) in [7, 11) is -9.60. The summed E-state index contributed by atoms with van der Waals surface area (Å²) in [5.41, 5.74) is 1.18. The van der Waals surface area contributed by atoms with Crippen molar-refractivity contribution in [2.45, 2.75) is 23.3 Å². The van der Waals surface area contributed by atoms with Crippen LogP contribution in [0.2, 0.25) is 0 Å². The number of allylic oxidation sites excluding steroid dienone is 10. The molecule has 0 aliphatic heterocycles. The number of ketones is 2. The van der Waals surface area contributed by atoms with E-state index in [0.29, 0.717) is 11.1 Å². The van der Waals surface area contributed by atoms with Gasteiger partial charge in [-0.1, -0.05) is 48.6 Å². The average molecular weight is 743 g/mol. The lowest BCUT2D eigenvalue weighted by Gasteiger charge is -2.23. The molecule has 52 heavy (non-hydrogen) atoms. The summed E-state index contributed by atoms with van der Waals surface area (Å²) in [4.78, 5) is 72.2. The summed E-state index contributed by atoms with van der Waals surface area (Å²) in [5.74, 6) is -3.80. The second kappa shape index (κ2) is 14.0. The largest absolute Gasteiger partial charge is 0.323 e. The summed E-state index contributed by atoms with van der Waals surface area (Å²) in [6.07, 6.45) is 12.6. The zero-order valence-corrected chi connectivity index (χ0v) is 28.2. The molecule has 0 saturated carbocycles. The Labute approximate surface area is 296 Å². The smallest absolute Gasteiger partial charge is 0.308 e. The quantitative estimate of drug-likeness (QED) is 0.310. The highest BCUT2D eigenvalue weighted by atomic mass is 32.2. The van der Waals surface area contributed by atoms with Crippen molar-refractivity contribution < 1.29 is 49.9 Å². The topological polar surface area (TPSA) is 243 Å². The molecule has 0 bridgehead atoms. The van der Waals surface area contributed by atoms with Gasteiger partial charge in [0.1, 0.15) is 11.4 Å². The first-order chi connectivity index (χ1) is 24.6. The Kier molecular flexibility index (Phi) is 9.61. The van der Waals surface area contributed by atoms with Crippen LogP contribution < -0.4 is 10.6 Å². The molecule has 2 aromatic rings. The molecule has 4 N–H and O–H groups in total. The summed E-state index contributed by atoms with van der Waals surface area (Å²) < 4.78 is 66.4. The second-order valence-corrected chi connectivity index (χ2v) is 14.7. The maximum atomic E-state index is 13.0. The van der Waals surface area contributed by atoms with Crippen molar-refractivity contribution in [1.29, 1.82) is 0 Å². The van der Waals surface area contributed by atoms with Crippen molar-refractivity contribution >= 4 is 72.4 Å². The summed E-state index contributed by atoms with van der Waals surface area (Å²) in [6, 6.07) is 10.2. The van der Waals surface area contributed by atoms with Crippen LogP contribution in [0.4, 0.5) is 16.2 Å². The van der Waals surface area contributed by atoms with Gasteiger partial charge in [-0.25, -0.2) is 14.8 Å². The number of nitrogens with one attached hydrogen (secondary N) is 2. The maximum absolute atomic E-state index is 13.0. The Bertz CT molecular complexity index is 2260. The highest BCUT2D eigenvalue weighted by Gasteiger charge is 2.40. The zero-order chi connectivity index (χ0) is 37.4. The number of nitrogens with zero attached hydrogens (tertiary/aromatic N) is 2. The Morgan fingerprint density at radius 1 is 0.615 bits per heavy atom. The minimum Gasteiger partial charge on any atom is -0.308 e. The Hall–Kier alpha value is -6.01. The molecule has 4 amide bonds. The first-order valence-corrected chi connectivity index (χ1v) is 18.3. The van der Waals surface area contributed by atoms with Gasteiger partial charge in [0.25, 0.3) is 32.1 Å². The molecule has 0 aromatic heterocycles. The van der Waals surface area contributed by atoms with Crippen LogP contribution in [0, 0.1) is 0 Å². The molecule has 2 atom stereocenters. The van der Waals surface area contributed by atoms with Crippen LogP contribution in [0.5, 0.6) is 0 Å². The van der Waals surface area contributed by atoms with Crippen LogP contribution in [0.3, 0.4) is 0 Å². The standard InChI is InChI=1S/C35H26N4O11S2/c40-31-27(51(45,46)47)17-21-5-1-3-7-25(21)29(31)38-33(42)19-9-13-23(14-10-19)36-35(44)37-24-15-11-20(12-16-24)34(43)39-30-26-8-4-2-6-22(26)18-28(32(30)41)52(48,49)50/h1-4,7-18,27-28H,5-6H2,(H2,36,37,44)(H,45,46,47)(H,48,49,50). The lowest BCUT2D eigenvalue weighted by Crippen LogP contribution is -2.39. The van der Waals surface area contributed by atoms with Crippen molar-refractivity contribution in [2.24, 2.45) is 9.98 Å². The van der Waals surface area contributed by atoms with E-state index in [1.54, 1.807) is 24.3 Å². The minimum atomic E-state index is -4.80. The van der Waals surface area contributed by atoms with E-state index in [4.69, 9.17) is 0 Å². The van der Waals surface area contributed by atoms with Crippen molar-refractivity contribution in [1.82, 2.24) is 0 Å². The van der Waals surface area contributed by atoms with Crippen LogP contribution in [0.25, 0.3) is 0 Å². The molecule has 0 saturated heterocycles. The van der Waals surface area contributed by atoms with Gasteiger partial charge < -0.3 is 10.6 Å². The maximum Gasteiger partial charge on any atom is 0.323 e. The van der Waals surface area contributed by atoms with E-state index in [1.807, 2.05) is 0 Å². The van der Waals surface area contributed by atoms with Gasteiger partial charge in [-0.15, -0.1) is 0 Å². The molecular formula is C35H26N4O11S2. The first-order valence-electron chi connectivity index (χ1n) is 15.3. The molecule has 15 nitrogen and oxygen atoms in total. The number of urea groups is 1. The summed E-state index contributed by atoms with van der Waals surface area (Å²) in [5, 5.41) is 1.35. The molecule has 17 heteroatoms. The second-order valence-electron chi connectivity index (χ2n) is 11.7. The molecule has 0 fully saturated rings. The van der Waals surface area contributed by atoms with Gasteiger partial charge in [-0.3, -0.25) is 28.3 Å². The summed E-state index contributed by atoms with van der Waals surface area (Å²) in [6.45, 7) is 0. The molecule has 4 aliphatic carbocycles. The van der Waals surface area contributed by atoms with Crippen LogP contribution in [0.1, 0.15) is 33.6 Å². The van der Waals surface area contributed by atoms with E-state index >= 15 is 0 Å². The van der Waals surface area contributed by atoms with Crippen molar-refractivity contribution in [3.05, 3.63) is 131 Å². The SMILES string of the molecule is O=C(Nc1ccc(C(=O)N=C2C(=O)C(S(=O)(=O)O)C=C3CC=CC=C32)cc1)Nc1ccc(C(=O)N=C2C(=O)C(S(=O)(=O)O)C=C3CC=CC=C32)cc1. The minimum absolute atomic E-state index is 0.0217. The van der Waals surface area contributed by atoms with Gasteiger partial charge >= 0.3 is 6.03 Å². The van der Waals surface area contributed by atoms with Gasteiger partial charge in [0.15, 0.2) is 10.5 Å². The van der Waals surface area contributed by atoms with E-state index in [1.165, 1.54) is 60.7 Å². The first kappa shape index (κ1) is 35.8. The van der Waals surface area contributed by atoms with Gasteiger partial charge in [-0.2, -0.15) is 16.8 Å². The van der Waals surface area contributed by atoms with Crippen LogP contribution in [-0.2, 0) is 29.8 Å². The number of fused-ring (bicyclic) bond motifs is 2. The molecular weight excluding hydrogens is 717 g/mol. The number of hydrogen-bond acceptors (Lipinski definition) is 9. The van der Waals surface area contributed by atoms with Crippen molar-refractivity contribution in [3.8, 4) is 0 Å². The van der Waals surface area contributed by atoms with E-state index in [9.17, 15) is 49.9 Å². The molecule has 6 rings (SSSR count).